The fourth-order valence-corrected chi connectivity index (χ4v) is 11.9. The van der Waals surface area contributed by atoms with E-state index < -0.39 is 0 Å². The largest absolute Gasteiger partial charge is 0.0622 e. The summed E-state index contributed by atoms with van der Waals surface area (Å²) in [5, 5.41) is 5.16. The summed E-state index contributed by atoms with van der Waals surface area (Å²) in [7, 11) is 0. The first kappa shape index (κ1) is 34.5. The van der Waals surface area contributed by atoms with Gasteiger partial charge in [0.25, 0.3) is 0 Å². The summed E-state index contributed by atoms with van der Waals surface area (Å²) < 4.78 is 0. The summed E-state index contributed by atoms with van der Waals surface area (Å²) in [4.78, 5) is 0. The van der Waals surface area contributed by atoms with Crippen LogP contribution in [0.1, 0.15) is 74.9 Å². The Bertz CT molecular complexity index is 3140. The van der Waals surface area contributed by atoms with Gasteiger partial charge in [-0.3, -0.25) is 0 Å². The van der Waals surface area contributed by atoms with Crippen LogP contribution in [0.3, 0.4) is 0 Å². The number of rotatable bonds is 3. The summed E-state index contributed by atoms with van der Waals surface area (Å²) in [5.41, 5.74) is 24.2. The van der Waals surface area contributed by atoms with Crippen molar-refractivity contribution < 1.29 is 0 Å². The molecule has 9 aromatic rings. The van der Waals surface area contributed by atoms with Crippen molar-refractivity contribution >= 4 is 21.5 Å². The molecule has 0 saturated heterocycles. The van der Waals surface area contributed by atoms with Gasteiger partial charge in [0.2, 0.25) is 0 Å². The van der Waals surface area contributed by atoms with E-state index in [-0.39, 0.29) is 16.2 Å². The fourth-order valence-electron chi connectivity index (χ4n) is 11.9. The first-order valence-electron chi connectivity index (χ1n) is 21.3. The van der Waals surface area contributed by atoms with Gasteiger partial charge in [0.05, 0.1) is 0 Å². The molecule has 282 valence electrons. The summed E-state index contributed by atoms with van der Waals surface area (Å²) in [6.45, 7) is 14.6. The third kappa shape index (κ3) is 4.50. The maximum absolute atomic E-state index is 2.55. The molecule has 9 aromatic carbocycles. The molecule has 0 bridgehead atoms. The highest BCUT2D eigenvalue weighted by Crippen LogP contribution is 2.61. The Balaban J connectivity index is 1.09. The lowest BCUT2D eigenvalue weighted by atomic mass is 9.72. The quantitative estimate of drug-likeness (QED) is 0.158. The fraction of sp³-hybridized carbons (Fsp3) is 0.153. The molecule has 59 heavy (non-hydrogen) atoms. The van der Waals surface area contributed by atoms with E-state index in [9.17, 15) is 0 Å². The standard InChI is InChI=1S/C59H46/c1-57(2)50-31-29-36(54-55-46(38-20-14-16-26-48(38)58(55,3)4)34-47-39-21-15-17-27-49(39)59(5,6)56(47)54)32-45(50)40-30-28-37(33-51(40)57)53-43-24-12-10-22-41(43)52(35-18-8-7-9-19-35)42-23-11-13-25-44(42)53/h7-34H,1-6H3. The molecule has 0 heterocycles. The monoisotopic (exact) mass is 754 g/mol. The first-order valence-corrected chi connectivity index (χ1v) is 21.3. The molecule has 0 unspecified atom stereocenters. The zero-order valence-corrected chi connectivity index (χ0v) is 34.7. The van der Waals surface area contributed by atoms with Crippen LogP contribution in [0, 0.1) is 0 Å². The highest BCUT2D eigenvalue weighted by Gasteiger charge is 2.45. The van der Waals surface area contributed by atoms with Gasteiger partial charge in [0.15, 0.2) is 0 Å². The van der Waals surface area contributed by atoms with Crippen molar-refractivity contribution in [3.63, 3.8) is 0 Å². The van der Waals surface area contributed by atoms with Crippen molar-refractivity contribution in [2.75, 3.05) is 0 Å². The molecule has 0 heteroatoms. The van der Waals surface area contributed by atoms with Crippen molar-refractivity contribution in [1.29, 1.82) is 0 Å². The SMILES string of the molecule is CC1(C)c2ccc(-c3c4c(cc5c3C(C)(C)c3ccccc3-5)-c3ccccc3C4(C)C)cc2-c2ccc(-c3c4ccccc4c(-c4ccccc4)c4ccccc34)cc21. The number of benzene rings is 9. The predicted molar refractivity (Wildman–Crippen MR) is 250 cm³/mol. The van der Waals surface area contributed by atoms with E-state index in [1.54, 1.807) is 0 Å². The first-order chi connectivity index (χ1) is 28.6. The molecule has 0 N–H and O–H groups in total. The van der Waals surface area contributed by atoms with Crippen molar-refractivity contribution in [3.8, 4) is 66.8 Å². The number of hydrogen-bond donors (Lipinski definition) is 0. The van der Waals surface area contributed by atoms with Crippen LogP contribution in [0.2, 0.25) is 0 Å². The molecule has 3 aliphatic carbocycles. The Kier molecular flexibility index (Phi) is 6.91. The van der Waals surface area contributed by atoms with E-state index >= 15 is 0 Å². The molecule has 0 fully saturated rings. The highest BCUT2D eigenvalue weighted by atomic mass is 14.5. The van der Waals surface area contributed by atoms with Crippen LogP contribution in [0.15, 0.2) is 170 Å². The number of hydrogen-bond acceptors (Lipinski definition) is 0. The summed E-state index contributed by atoms with van der Waals surface area (Å²) in [6, 6.07) is 64.5. The van der Waals surface area contributed by atoms with Gasteiger partial charge < -0.3 is 0 Å². The molecular weight excluding hydrogens is 709 g/mol. The van der Waals surface area contributed by atoms with Gasteiger partial charge in [0.1, 0.15) is 0 Å². The van der Waals surface area contributed by atoms with Gasteiger partial charge in [-0.25, -0.2) is 0 Å². The summed E-state index contributed by atoms with van der Waals surface area (Å²) in [6.07, 6.45) is 0. The van der Waals surface area contributed by atoms with Crippen LogP contribution in [0.5, 0.6) is 0 Å². The average Bonchev–Trinajstić information content (AvgIpc) is 3.74. The molecule has 0 saturated carbocycles. The van der Waals surface area contributed by atoms with Crippen molar-refractivity contribution in [3.05, 3.63) is 203 Å². The van der Waals surface area contributed by atoms with E-state index in [1.807, 2.05) is 0 Å². The van der Waals surface area contributed by atoms with Crippen LogP contribution >= 0.6 is 0 Å². The van der Waals surface area contributed by atoms with E-state index in [1.165, 1.54) is 122 Å². The number of fused-ring (bicyclic) bond motifs is 11. The third-order valence-electron chi connectivity index (χ3n) is 14.6. The predicted octanol–water partition coefficient (Wildman–Crippen LogP) is 15.9. The van der Waals surface area contributed by atoms with Crippen molar-refractivity contribution in [1.82, 2.24) is 0 Å². The topological polar surface area (TPSA) is 0 Å². The van der Waals surface area contributed by atoms with Crippen LogP contribution in [0.25, 0.3) is 88.3 Å². The van der Waals surface area contributed by atoms with Gasteiger partial charge in [-0.1, -0.05) is 193 Å². The average molecular weight is 755 g/mol. The second-order valence-corrected chi connectivity index (χ2v) is 18.8. The molecular formula is C59H46. The summed E-state index contributed by atoms with van der Waals surface area (Å²) >= 11 is 0. The van der Waals surface area contributed by atoms with Gasteiger partial charge in [-0.2, -0.15) is 0 Å². The molecule has 0 amide bonds. The van der Waals surface area contributed by atoms with E-state index in [2.05, 4.69) is 211 Å². The van der Waals surface area contributed by atoms with Crippen LogP contribution in [0.4, 0.5) is 0 Å². The Hall–Kier alpha value is -6.50. The van der Waals surface area contributed by atoms with Gasteiger partial charge in [-0.15, -0.1) is 0 Å². The lowest BCUT2D eigenvalue weighted by Gasteiger charge is -2.31. The van der Waals surface area contributed by atoms with Crippen LogP contribution in [-0.4, -0.2) is 0 Å². The molecule has 12 rings (SSSR count). The third-order valence-corrected chi connectivity index (χ3v) is 14.6. The minimum absolute atomic E-state index is 0.145. The molecule has 0 nitrogen and oxygen atoms in total. The van der Waals surface area contributed by atoms with Crippen molar-refractivity contribution in [2.45, 2.75) is 57.8 Å². The molecule has 0 radical (unpaired) electrons. The minimum atomic E-state index is -0.166. The second kappa shape index (κ2) is 11.8. The van der Waals surface area contributed by atoms with E-state index in [4.69, 9.17) is 0 Å². The zero-order valence-electron chi connectivity index (χ0n) is 34.7. The highest BCUT2D eigenvalue weighted by molar-refractivity contribution is 6.21. The van der Waals surface area contributed by atoms with Gasteiger partial charge >= 0.3 is 0 Å². The molecule has 0 atom stereocenters. The van der Waals surface area contributed by atoms with Crippen molar-refractivity contribution in [2.24, 2.45) is 0 Å². The van der Waals surface area contributed by atoms with Gasteiger partial charge in [-0.05, 0) is 140 Å². The minimum Gasteiger partial charge on any atom is -0.0622 e. The normalized spacial score (nSPS) is 15.7. The molecule has 3 aliphatic rings. The molecule has 0 aromatic heterocycles. The Morgan fingerprint density at radius 2 is 0.678 bits per heavy atom. The van der Waals surface area contributed by atoms with E-state index in [0.717, 1.165) is 0 Å². The Labute approximate surface area is 347 Å². The lowest BCUT2D eigenvalue weighted by molar-refractivity contribution is 0.642. The second-order valence-electron chi connectivity index (χ2n) is 18.8. The Morgan fingerprint density at radius 3 is 1.24 bits per heavy atom. The summed E-state index contributed by atoms with van der Waals surface area (Å²) in [5.74, 6) is 0. The van der Waals surface area contributed by atoms with Crippen LogP contribution in [-0.2, 0) is 16.2 Å². The lowest BCUT2D eigenvalue weighted by Crippen LogP contribution is -2.21. The Morgan fingerprint density at radius 1 is 0.254 bits per heavy atom. The van der Waals surface area contributed by atoms with Crippen LogP contribution < -0.4 is 0 Å². The smallest absolute Gasteiger partial charge is 0.0165 e. The zero-order chi connectivity index (χ0) is 40.0. The maximum atomic E-state index is 2.55. The van der Waals surface area contributed by atoms with E-state index in [0.29, 0.717) is 0 Å². The molecule has 0 spiro atoms. The maximum Gasteiger partial charge on any atom is 0.0165 e. The molecule has 0 aliphatic heterocycles. The van der Waals surface area contributed by atoms with Gasteiger partial charge in [0, 0.05) is 16.2 Å².